The van der Waals surface area contributed by atoms with E-state index >= 15 is 0 Å². The van der Waals surface area contributed by atoms with Gasteiger partial charge in [-0.2, -0.15) is 0 Å². The fourth-order valence-corrected chi connectivity index (χ4v) is 8.48. The van der Waals surface area contributed by atoms with Crippen molar-refractivity contribution in [3.63, 3.8) is 0 Å². The van der Waals surface area contributed by atoms with Crippen molar-refractivity contribution in [1.82, 2.24) is 0 Å². The Morgan fingerprint density at radius 3 is 1.94 bits per heavy atom. The molecule has 31 heavy (non-hydrogen) atoms. The smallest absolute Gasteiger partial charge is 0.103 e. The normalized spacial score (nSPS) is 20.6. The molecule has 1 N–H and O–H groups in total. The van der Waals surface area contributed by atoms with E-state index in [-0.39, 0.29) is 10.1 Å². The molecule has 2 atom stereocenters. The number of hydrogen-bond donors (Lipinski definition) is 1. The second-order valence-corrected chi connectivity index (χ2v) is 11.0. The number of thioether (sulfide) groups is 2. The van der Waals surface area contributed by atoms with E-state index in [9.17, 15) is 0 Å². The van der Waals surface area contributed by atoms with Crippen LogP contribution in [0.3, 0.4) is 0 Å². The van der Waals surface area contributed by atoms with Crippen LogP contribution in [0.25, 0.3) is 0 Å². The first kappa shape index (κ1) is 19.1. The number of nitrogens with one attached hydrogen (secondary N) is 1. The lowest BCUT2D eigenvalue weighted by Gasteiger charge is -2.47. The van der Waals surface area contributed by atoms with Crippen LogP contribution in [0.4, 0.5) is 5.69 Å². The number of fused-ring (bicyclic) bond motifs is 3. The number of rotatable bonds is 3. The van der Waals surface area contributed by atoms with Gasteiger partial charge < -0.3 is 5.32 Å². The fraction of sp³-hybridized carbons (Fsp3) is 0.143. The SMILES string of the molecule is c1ccc(C[C@H]2[C@H](c3ccccc3)Nc3ccccc3C23Sc2ccccc2S3)cc1. The molecule has 0 aromatic heterocycles. The number of benzene rings is 4. The van der Waals surface area contributed by atoms with Crippen LogP contribution in [0.15, 0.2) is 119 Å². The topological polar surface area (TPSA) is 12.0 Å². The summed E-state index contributed by atoms with van der Waals surface area (Å²) >= 11 is 4.10. The minimum Gasteiger partial charge on any atom is -0.378 e. The van der Waals surface area contributed by atoms with Gasteiger partial charge in [0.15, 0.2) is 0 Å². The molecule has 3 heteroatoms. The van der Waals surface area contributed by atoms with E-state index in [0.29, 0.717) is 5.92 Å². The van der Waals surface area contributed by atoms with Crippen molar-refractivity contribution in [2.24, 2.45) is 5.92 Å². The Bertz CT molecular complexity index is 1180. The molecule has 4 aromatic carbocycles. The Kier molecular flexibility index (Phi) is 4.81. The first-order valence-electron chi connectivity index (χ1n) is 10.8. The standard InChI is InChI=1S/C28H23NS2/c1-3-11-20(12-4-1)19-23-27(21-13-5-2-6-14-21)29-24-16-8-7-15-22(24)28(23)30-25-17-9-10-18-26(25)31-28/h1-18,23,27,29H,19H2/t23-,27-/m0/s1. The number of hydrogen-bond acceptors (Lipinski definition) is 3. The molecule has 0 radical (unpaired) electrons. The minimum absolute atomic E-state index is 0.0676. The van der Waals surface area contributed by atoms with Gasteiger partial charge in [-0.15, -0.1) is 23.5 Å². The minimum atomic E-state index is -0.0676. The van der Waals surface area contributed by atoms with Crippen LogP contribution < -0.4 is 5.32 Å². The van der Waals surface area contributed by atoms with Crippen molar-refractivity contribution < 1.29 is 0 Å². The van der Waals surface area contributed by atoms with Gasteiger partial charge in [0.25, 0.3) is 0 Å². The van der Waals surface area contributed by atoms with Crippen molar-refractivity contribution in [2.75, 3.05) is 5.32 Å². The first-order valence-corrected chi connectivity index (χ1v) is 12.4. The highest BCUT2D eigenvalue weighted by Crippen LogP contribution is 2.69. The summed E-state index contributed by atoms with van der Waals surface area (Å²) in [4.78, 5) is 2.79. The molecule has 0 bridgehead atoms. The molecule has 4 aromatic rings. The third-order valence-electron chi connectivity index (χ3n) is 6.33. The van der Waals surface area contributed by atoms with Crippen LogP contribution in [0, 0.1) is 5.92 Å². The zero-order valence-corrected chi connectivity index (χ0v) is 18.7. The number of para-hydroxylation sites is 1. The molecule has 2 aliphatic rings. The molecule has 6 rings (SSSR count). The van der Waals surface area contributed by atoms with E-state index in [0.717, 1.165) is 6.42 Å². The second-order valence-electron chi connectivity index (χ2n) is 8.19. The lowest BCUT2D eigenvalue weighted by Crippen LogP contribution is -2.41. The highest BCUT2D eigenvalue weighted by Gasteiger charge is 2.53. The monoisotopic (exact) mass is 437 g/mol. The third-order valence-corrected chi connectivity index (χ3v) is 9.77. The van der Waals surface area contributed by atoms with Gasteiger partial charge in [0.1, 0.15) is 4.08 Å². The summed E-state index contributed by atoms with van der Waals surface area (Å²) in [5.74, 6) is 0.384. The van der Waals surface area contributed by atoms with Crippen LogP contribution in [0.5, 0.6) is 0 Å². The molecule has 0 unspecified atom stereocenters. The van der Waals surface area contributed by atoms with Gasteiger partial charge in [-0.05, 0) is 35.7 Å². The van der Waals surface area contributed by atoms with E-state index in [1.807, 2.05) is 0 Å². The molecule has 0 saturated carbocycles. The largest absolute Gasteiger partial charge is 0.378 e. The van der Waals surface area contributed by atoms with Crippen LogP contribution in [-0.4, -0.2) is 0 Å². The van der Waals surface area contributed by atoms with Crippen molar-refractivity contribution >= 4 is 29.2 Å². The van der Waals surface area contributed by atoms with E-state index in [2.05, 4.69) is 138 Å². The maximum Gasteiger partial charge on any atom is 0.103 e. The summed E-state index contributed by atoms with van der Waals surface area (Å²) in [5, 5.41) is 3.93. The summed E-state index contributed by atoms with van der Waals surface area (Å²) < 4.78 is -0.0676. The maximum absolute atomic E-state index is 3.93. The molecule has 1 spiro atoms. The molecule has 0 saturated heterocycles. The highest BCUT2D eigenvalue weighted by molar-refractivity contribution is 8.20. The second kappa shape index (κ2) is 7.81. The molecule has 2 heterocycles. The van der Waals surface area contributed by atoms with Crippen molar-refractivity contribution in [3.8, 4) is 0 Å². The lowest BCUT2D eigenvalue weighted by molar-refractivity contribution is 0.404. The molecule has 1 nitrogen and oxygen atoms in total. The van der Waals surface area contributed by atoms with Crippen molar-refractivity contribution in [3.05, 3.63) is 126 Å². The van der Waals surface area contributed by atoms with Crippen LogP contribution in [0.1, 0.15) is 22.7 Å². The number of anilines is 1. The zero-order chi connectivity index (χ0) is 20.7. The molecule has 0 amide bonds. The maximum atomic E-state index is 3.93. The predicted molar refractivity (Wildman–Crippen MR) is 133 cm³/mol. The molecular formula is C28H23NS2. The molecule has 0 fully saturated rings. The van der Waals surface area contributed by atoms with E-state index in [4.69, 9.17) is 0 Å². The zero-order valence-electron chi connectivity index (χ0n) is 17.1. The molecule has 152 valence electrons. The summed E-state index contributed by atoms with van der Waals surface area (Å²) in [7, 11) is 0. The molecule has 2 aliphatic heterocycles. The van der Waals surface area contributed by atoms with Crippen LogP contribution in [-0.2, 0) is 10.5 Å². The fourth-order valence-electron chi connectivity index (χ4n) is 4.92. The molecule has 0 aliphatic carbocycles. The Morgan fingerprint density at radius 2 is 1.23 bits per heavy atom. The average Bonchev–Trinajstić information content (AvgIpc) is 3.22. The van der Waals surface area contributed by atoms with Gasteiger partial charge in [0.05, 0.1) is 6.04 Å². The predicted octanol–water partition coefficient (Wildman–Crippen LogP) is 7.76. The van der Waals surface area contributed by atoms with Gasteiger partial charge in [-0.3, -0.25) is 0 Å². The van der Waals surface area contributed by atoms with Gasteiger partial charge >= 0.3 is 0 Å². The van der Waals surface area contributed by atoms with Crippen LogP contribution >= 0.6 is 23.5 Å². The van der Waals surface area contributed by atoms with Crippen molar-refractivity contribution in [1.29, 1.82) is 0 Å². The van der Waals surface area contributed by atoms with Gasteiger partial charge in [-0.1, -0.05) is 91.0 Å². The molecular weight excluding hydrogens is 414 g/mol. The quantitative estimate of drug-likeness (QED) is 0.352. The summed E-state index contributed by atoms with van der Waals surface area (Å²) in [5.41, 5.74) is 5.42. The highest BCUT2D eigenvalue weighted by atomic mass is 32.2. The first-order chi connectivity index (χ1) is 15.3. The van der Waals surface area contributed by atoms with Gasteiger partial charge in [0, 0.05) is 27.0 Å². The van der Waals surface area contributed by atoms with Gasteiger partial charge in [0.2, 0.25) is 0 Å². The van der Waals surface area contributed by atoms with Crippen molar-refractivity contribution in [2.45, 2.75) is 26.3 Å². The van der Waals surface area contributed by atoms with E-state index < -0.39 is 0 Å². The Morgan fingerprint density at radius 1 is 0.645 bits per heavy atom. The van der Waals surface area contributed by atoms with E-state index in [1.165, 1.54) is 32.2 Å². The Labute approximate surface area is 192 Å². The lowest BCUT2D eigenvalue weighted by atomic mass is 9.79. The third kappa shape index (κ3) is 3.28. The van der Waals surface area contributed by atoms with Crippen LogP contribution in [0.2, 0.25) is 0 Å². The Balaban J connectivity index is 1.55. The van der Waals surface area contributed by atoms with Gasteiger partial charge in [-0.25, -0.2) is 0 Å². The van der Waals surface area contributed by atoms with E-state index in [1.54, 1.807) is 0 Å². The average molecular weight is 438 g/mol. The summed E-state index contributed by atoms with van der Waals surface area (Å²) in [6.07, 6.45) is 1.02. The summed E-state index contributed by atoms with van der Waals surface area (Å²) in [6, 6.07) is 40.0. The Hall–Kier alpha value is -2.62. The summed E-state index contributed by atoms with van der Waals surface area (Å²) in [6.45, 7) is 0.